The van der Waals surface area contributed by atoms with Crippen molar-refractivity contribution in [2.45, 2.75) is 38.0 Å². The first-order chi connectivity index (χ1) is 13.3. The van der Waals surface area contributed by atoms with E-state index in [1.54, 1.807) is 12.1 Å². The van der Waals surface area contributed by atoms with Crippen molar-refractivity contribution in [2.75, 3.05) is 18.2 Å². The van der Waals surface area contributed by atoms with Crippen LogP contribution in [0.4, 0.5) is 5.00 Å². The topological polar surface area (TPSA) is 89.5 Å². The molecule has 0 aliphatic heterocycles. The van der Waals surface area contributed by atoms with Crippen molar-refractivity contribution in [1.29, 1.82) is 0 Å². The standard InChI is InChI=1S/C20H23NO5S2/c1-4-28(24,25)16-8-6-5-7-14(16)18(22)21-19-17(20(23)26-3)13-10-9-12(2)11-15(13)27-19/h5-8,12H,4,9-11H2,1-3H3,(H,21,22). The smallest absolute Gasteiger partial charge is 0.341 e. The first-order valence-electron chi connectivity index (χ1n) is 9.14. The summed E-state index contributed by atoms with van der Waals surface area (Å²) in [5, 5.41) is 3.18. The minimum atomic E-state index is -3.56. The van der Waals surface area contributed by atoms with Crippen LogP contribution in [0, 0.1) is 5.92 Å². The largest absolute Gasteiger partial charge is 0.465 e. The van der Waals surface area contributed by atoms with Gasteiger partial charge in [-0.15, -0.1) is 11.3 Å². The van der Waals surface area contributed by atoms with E-state index < -0.39 is 21.7 Å². The summed E-state index contributed by atoms with van der Waals surface area (Å²) < 4.78 is 29.6. The van der Waals surface area contributed by atoms with Gasteiger partial charge < -0.3 is 10.1 Å². The van der Waals surface area contributed by atoms with E-state index in [9.17, 15) is 18.0 Å². The summed E-state index contributed by atoms with van der Waals surface area (Å²) in [6.45, 7) is 3.69. The van der Waals surface area contributed by atoms with Crippen molar-refractivity contribution in [3.63, 3.8) is 0 Å². The molecule has 6 nitrogen and oxygen atoms in total. The zero-order valence-corrected chi connectivity index (χ0v) is 17.7. The predicted octanol–water partition coefficient (Wildman–Crippen LogP) is 3.71. The van der Waals surface area contributed by atoms with E-state index in [-0.39, 0.29) is 16.2 Å². The maximum absolute atomic E-state index is 12.9. The molecule has 1 aliphatic carbocycles. The third kappa shape index (κ3) is 3.84. The summed E-state index contributed by atoms with van der Waals surface area (Å²) >= 11 is 1.37. The Bertz CT molecular complexity index is 1020. The molecule has 1 atom stereocenters. The van der Waals surface area contributed by atoms with E-state index in [4.69, 9.17) is 4.74 Å². The van der Waals surface area contributed by atoms with E-state index in [0.29, 0.717) is 16.5 Å². The van der Waals surface area contributed by atoms with Crippen LogP contribution in [0.5, 0.6) is 0 Å². The Hall–Kier alpha value is -2.19. The molecule has 1 aromatic carbocycles. The molecule has 0 saturated carbocycles. The van der Waals surface area contributed by atoms with Crippen molar-refractivity contribution in [1.82, 2.24) is 0 Å². The molecular formula is C20H23NO5S2. The number of sulfone groups is 1. The fourth-order valence-electron chi connectivity index (χ4n) is 3.41. The number of carbonyl (C=O) groups is 2. The molecule has 2 aromatic rings. The normalized spacial score (nSPS) is 16.3. The number of rotatable bonds is 5. The summed E-state index contributed by atoms with van der Waals surface area (Å²) in [6, 6.07) is 6.11. The average Bonchev–Trinajstić information content (AvgIpc) is 3.04. The Balaban J connectivity index is 2.01. The van der Waals surface area contributed by atoms with Gasteiger partial charge in [-0.1, -0.05) is 26.0 Å². The van der Waals surface area contributed by atoms with Crippen LogP contribution in [0.3, 0.4) is 0 Å². The molecular weight excluding hydrogens is 398 g/mol. The summed E-state index contributed by atoms with van der Waals surface area (Å²) in [6.07, 6.45) is 2.58. The van der Waals surface area contributed by atoms with Crippen LogP contribution in [-0.4, -0.2) is 33.2 Å². The molecule has 0 fully saturated rings. The Kier molecular flexibility index (Phi) is 5.90. The first-order valence-corrected chi connectivity index (χ1v) is 11.6. The zero-order chi connectivity index (χ0) is 20.5. The molecule has 1 aliphatic rings. The van der Waals surface area contributed by atoms with Crippen molar-refractivity contribution >= 4 is 38.1 Å². The zero-order valence-electron chi connectivity index (χ0n) is 16.1. The van der Waals surface area contributed by atoms with Gasteiger partial charge >= 0.3 is 5.97 Å². The summed E-state index contributed by atoms with van der Waals surface area (Å²) in [5.74, 6) is -0.632. The van der Waals surface area contributed by atoms with Crippen molar-refractivity contribution < 1.29 is 22.7 Å². The number of anilines is 1. The SMILES string of the molecule is CCS(=O)(=O)c1ccccc1C(=O)Nc1sc2c(c1C(=O)OC)CCC(C)C2. The van der Waals surface area contributed by atoms with Gasteiger partial charge in [-0.25, -0.2) is 13.2 Å². The molecule has 8 heteroatoms. The van der Waals surface area contributed by atoms with Crippen molar-refractivity contribution in [3.8, 4) is 0 Å². The molecule has 0 radical (unpaired) electrons. The molecule has 0 spiro atoms. The molecule has 1 aromatic heterocycles. The number of hydrogen-bond acceptors (Lipinski definition) is 6. The number of carbonyl (C=O) groups excluding carboxylic acids is 2. The van der Waals surface area contributed by atoms with E-state index >= 15 is 0 Å². The van der Waals surface area contributed by atoms with Gasteiger partial charge in [0.05, 0.1) is 28.9 Å². The molecule has 1 heterocycles. The average molecular weight is 422 g/mol. The fraction of sp³-hybridized carbons (Fsp3) is 0.400. The van der Waals surface area contributed by atoms with Crippen molar-refractivity contribution in [3.05, 3.63) is 45.8 Å². The lowest BCUT2D eigenvalue weighted by Crippen LogP contribution is -2.18. The lowest BCUT2D eigenvalue weighted by Gasteiger charge is -2.18. The second-order valence-electron chi connectivity index (χ2n) is 6.90. The molecule has 1 unspecified atom stereocenters. The third-order valence-corrected chi connectivity index (χ3v) is 7.93. The van der Waals surface area contributed by atoms with Gasteiger partial charge in [0.25, 0.3) is 5.91 Å². The second kappa shape index (κ2) is 8.05. The van der Waals surface area contributed by atoms with Crippen LogP contribution >= 0.6 is 11.3 Å². The quantitative estimate of drug-likeness (QED) is 0.744. The number of amides is 1. The lowest BCUT2D eigenvalue weighted by atomic mass is 9.88. The van der Waals surface area contributed by atoms with Crippen molar-refractivity contribution in [2.24, 2.45) is 5.92 Å². The summed E-state index contributed by atoms with van der Waals surface area (Å²) in [5.41, 5.74) is 1.39. The van der Waals surface area contributed by atoms with Gasteiger partial charge in [-0.05, 0) is 42.9 Å². The number of fused-ring (bicyclic) bond motifs is 1. The first kappa shape index (κ1) is 20.5. The highest BCUT2D eigenvalue weighted by Gasteiger charge is 2.30. The van der Waals surface area contributed by atoms with Crippen LogP contribution in [0.15, 0.2) is 29.2 Å². The highest BCUT2D eigenvalue weighted by atomic mass is 32.2. The summed E-state index contributed by atoms with van der Waals surface area (Å²) in [4.78, 5) is 26.4. The van der Waals surface area contributed by atoms with Crippen LogP contribution in [0.2, 0.25) is 0 Å². The minimum Gasteiger partial charge on any atom is -0.465 e. The number of benzene rings is 1. The Morgan fingerprint density at radius 3 is 2.68 bits per heavy atom. The number of thiophene rings is 1. The number of esters is 1. The van der Waals surface area contributed by atoms with Crippen LogP contribution < -0.4 is 5.32 Å². The van der Waals surface area contributed by atoms with E-state index in [2.05, 4.69) is 12.2 Å². The maximum Gasteiger partial charge on any atom is 0.341 e. The summed E-state index contributed by atoms with van der Waals surface area (Å²) in [7, 11) is -2.24. The van der Waals surface area contributed by atoms with E-state index in [1.165, 1.54) is 37.5 Å². The van der Waals surface area contributed by atoms with E-state index in [0.717, 1.165) is 29.7 Å². The monoisotopic (exact) mass is 421 g/mol. The highest BCUT2D eigenvalue weighted by Crippen LogP contribution is 2.40. The maximum atomic E-state index is 12.9. The van der Waals surface area contributed by atoms with Crippen LogP contribution in [0.25, 0.3) is 0 Å². The molecule has 1 amide bonds. The molecule has 3 rings (SSSR count). The van der Waals surface area contributed by atoms with Gasteiger partial charge in [0.2, 0.25) is 0 Å². The lowest BCUT2D eigenvalue weighted by molar-refractivity contribution is 0.0601. The highest BCUT2D eigenvalue weighted by molar-refractivity contribution is 7.91. The van der Waals surface area contributed by atoms with Gasteiger partial charge in [-0.2, -0.15) is 0 Å². The molecule has 150 valence electrons. The number of ether oxygens (including phenoxy) is 1. The molecule has 0 saturated heterocycles. The van der Waals surface area contributed by atoms with Gasteiger partial charge in [0, 0.05) is 4.88 Å². The number of nitrogens with one attached hydrogen (secondary N) is 1. The molecule has 0 bridgehead atoms. The van der Waals surface area contributed by atoms with Gasteiger partial charge in [0.15, 0.2) is 9.84 Å². The number of methoxy groups -OCH3 is 1. The Morgan fingerprint density at radius 2 is 2.00 bits per heavy atom. The van der Waals surface area contributed by atoms with Gasteiger partial charge in [0.1, 0.15) is 5.00 Å². The predicted molar refractivity (Wildman–Crippen MR) is 109 cm³/mol. The van der Waals surface area contributed by atoms with Gasteiger partial charge in [-0.3, -0.25) is 4.79 Å². The number of hydrogen-bond donors (Lipinski definition) is 1. The fourth-order valence-corrected chi connectivity index (χ4v) is 5.89. The van der Waals surface area contributed by atoms with Crippen LogP contribution in [-0.2, 0) is 27.4 Å². The van der Waals surface area contributed by atoms with E-state index in [1.807, 2.05) is 0 Å². The molecule has 28 heavy (non-hydrogen) atoms. The van der Waals surface area contributed by atoms with Crippen LogP contribution in [0.1, 0.15) is 51.4 Å². The minimum absolute atomic E-state index is 0.00967. The third-order valence-electron chi connectivity index (χ3n) is 4.98. The Morgan fingerprint density at radius 1 is 1.29 bits per heavy atom. The molecule has 1 N–H and O–H groups in total. The second-order valence-corrected chi connectivity index (χ2v) is 10.3. The Labute approximate surface area is 168 Å².